The van der Waals surface area contributed by atoms with Crippen molar-refractivity contribution in [1.29, 1.82) is 0 Å². The van der Waals surface area contributed by atoms with Crippen LogP contribution < -0.4 is 10.2 Å². The molecule has 0 aliphatic heterocycles. The molecule has 2 rings (SSSR count). The van der Waals surface area contributed by atoms with Gasteiger partial charge in [0, 0.05) is 25.5 Å². The van der Waals surface area contributed by atoms with Crippen LogP contribution in [0.3, 0.4) is 0 Å². The lowest BCUT2D eigenvalue weighted by atomic mass is 10.2. The van der Waals surface area contributed by atoms with Crippen LogP contribution in [0.2, 0.25) is 5.15 Å². The van der Waals surface area contributed by atoms with E-state index in [2.05, 4.69) is 10.3 Å². The number of nitrogens with zero attached hydrogens (tertiary/aromatic N) is 3. The Bertz CT molecular complexity index is 629. The molecule has 104 valence electrons. The van der Waals surface area contributed by atoms with Crippen molar-refractivity contribution >= 4 is 34.5 Å². The van der Waals surface area contributed by atoms with E-state index in [1.54, 1.807) is 0 Å². The molecule has 0 aliphatic rings. The van der Waals surface area contributed by atoms with Crippen molar-refractivity contribution in [2.24, 2.45) is 0 Å². The van der Waals surface area contributed by atoms with Gasteiger partial charge in [0.2, 0.25) is 0 Å². The maximum Gasteiger partial charge on any atom is 0.276 e. The third-order valence-electron chi connectivity index (χ3n) is 2.65. The van der Waals surface area contributed by atoms with E-state index in [9.17, 15) is 10.1 Å². The van der Waals surface area contributed by atoms with E-state index in [4.69, 9.17) is 11.6 Å². The number of rotatable bonds is 4. The topological polar surface area (TPSA) is 71.3 Å². The number of pyridine rings is 1. The fourth-order valence-corrected chi connectivity index (χ4v) is 1.85. The fourth-order valence-electron chi connectivity index (χ4n) is 1.64. The van der Waals surface area contributed by atoms with E-state index in [0.717, 1.165) is 11.4 Å². The average Bonchev–Trinajstić information content (AvgIpc) is 2.38. The third-order valence-corrected chi connectivity index (χ3v) is 2.84. The summed E-state index contributed by atoms with van der Waals surface area (Å²) in [5.41, 5.74) is 1.73. The Kier molecular flexibility index (Phi) is 4.05. The van der Waals surface area contributed by atoms with E-state index >= 15 is 0 Å². The van der Waals surface area contributed by atoms with Crippen LogP contribution in [-0.4, -0.2) is 24.0 Å². The van der Waals surface area contributed by atoms with Crippen LogP contribution in [0.15, 0.2) is 36.4 Å². The van der Waals surface area contributed by atoms with Gasteiger partial charge in [0.1, 0.15) is 11.0 Å². The van der Waals surface area contributed by atoms with Crippen LogP contribution in [0.4, 0.5) is 22.9 Å². The molecule has 0 aliphatic carbocycles. The zero-order chi connectivity index (χ0) is 14.7. The molecule has 0 fully saturated rings. The number of hydrogen-bond acceptors (Lipinski definition) is 5. The van der Waals surface area contributed by atoms with Gasteiger partial charge in [0.05, 0.1) is 17.1 Å². The minimum Gasteiger partial charge on any atom is -0.378 e. The highest BCUT2D eigenvalue weighted by Crippen LogP contribution is 2.24. The van der Waals surface area contributed by atoms with E-state index in [0.29, 0.717) is 5.82 Å². The molecule has 0 bridgehead atoms. The Balaban J connectivity index is 2.23. The van der Waals surface area contributed by atoms with Crippen LogP contribution in [-0.2, 0) is 0 Å². The van der Waals surface area contributed by atoms with Gasteiger partial charge in [0.15, 0.2) is 0 Å². The summed E-state index contributed by atoms with van der Waals surface area (Å²) >= 11 is 5.76. The number of hydrogen-bond donors (Lipinski definition) is 1. The van der Waals surface area contributed by atoms with Gasteiger partial charge in [-0.1, -0.05) is 11.6 Å². The first-order valence-corrected chi connectivity index (χ1v) is 6.20. The smallest absolute Gasteiger partial charge is 0.276 e. The molecule has 0 spiro atoms. The number of benzene rings is 1. The van der Waals surface area contributed by atoms with Crippen LogP contribution >= 0.6 is 11.6 Å². The van der Waals surface area contributed by atoms with Crippen molar-refractivity contribution in [2.75, 3.05) is 24.3 Å². The molecular formula is C13H13ClN4O2. The summed E-state index contributed by atoms with van der Waals surface area (Å²) < 4.78 is 0. The molecule has 1 N–H and O–H groups in total. The first kappa shape index (κ1) is 14.1. The van der Waals surface area contributed by atoms with Crippen molar-refractivity contribution in [3.8, 4) is 0 Å². The lowest BCUT2D eigenvalue weighted by Gasteiger charge is -2.13. The minimum atomic E-state index is -0.506. The zero-order valence-electron chi connectivity index (χ0n) is 11.0. The minimum absolute atomic E-state index is 0.0756. The van der Waals surface area contributed by atoms with E-state index in [-0.39, 0.29) is 10.8 Å². The normalized spacial score (nSPS) is 10.2. The van der Waals surface area contributed by atoms with Gasteiger partial charge in [-0.15, -0.1) is 0 Å². The predicted octanol–water partition coefficient (Wildman–Crippen LogP) is 3.45. The van der Waals surface area contributed by atoms with Gasteiger partial charge in [-0.05, 0) is 24.3 Å². The van der Waals surface area contributed by atoms with Crippen molar-refractivity contribution in [3.05, 3.63) is 51.7 Å². The second-order valence-electron chi connectivity index (χ2n) is 4.36. The van der Waals surface area contributed by atoms with E-state index in [1.165, 1.54) is 12.1 Å². The van der Waals surface area contributed by atoms with E-state index in [1.807, 2.05) is 43.3 Å². The number of nitro groups is 1. The fraction of sp³-hybridized carbons (Fsp3) is 0.154. The van der Waals surface area contributed by atoms with Gasteiger partial charge in [-0.3, -0.25) is 10.1 Å². The predicted molar refractivity (Wildman–Crippen MR) is 80.0 cm³/mol. The Morgan fingerprint density at radius 3 is 2.45 bits per heavy atom. The van der Waals surface area contributed by atoms with Crippen molar-refractivity contribution in [3.63, 3.8) is 0 Å². The lowest BCUT2D eigenvalue weighted by molar-refractivity contribution is -0.384. The van der Waals surface area contributed by atoms with Crippen molar-refractivity contribution in [2.45, 2.75) is 0 Å². The molecule has 20 heavy (non-hydrogen) atoms. The Morgan fingerprint density at radius 2 is 1.90 bits per heavy atom. The molecule has 1 aromatic heterocycles. The summed E-state index contributed by atoms with van der Waals surface area (Å²) in [6, 6.07) is 10.1. The molecule has 0 radical (unpaired) electrons. The van der Waals surface area contributed by atoms with Crippen LogP contribution in [0, 0.1) is 10.1 Å². The Hall–Kier alpha value is -2.34. The van der Waals surface area contributed by atoms with Gasteiger partial charge >= 0.3 is 0 Å². The van der Waals surface area contributed by atoms with Crippen LogP contribution in [0.5, 0.6) is 0 Å². The third kappa shape index (κ3) is 3.36. The highest BCUT2D eigenvalue weighted by atomic mass is 35.5. The average molecular weight is 293 g/mol. The van der Waals surface area contributed by atoms with Crippen LogP contribution in [0.25, 0.3) is 0 Å². The summed E-state index contributed by atoms with van der Waals surface area (Å²) in [5, 5.41) is 13.8. The quantitative estimate of drug-likeness (QED) is 0.531. The number of nitrogens with one attached hydrogen (secondary N) is 1. The molecule has 0 atom stereocenters. The first-order valence-electron chi connectivity index (χ1n) is 5.82. The highest BCUT2D eigenvalue weighted by molar-refractivity contribution is 6.29. The first-order chi connectivity index (χ1) is 9.45. The molecular weight excluding hydrogens is 280 g/mol. The van der Waals surface area contributed by atoms with Crippen molar-refractivity contribution < 1.29 is 4.92 Å². The molecule has 2 aromatic rings. The van der Waals surface area contributed by atoms with E-state index < -0.39 is 4.92 Å². The molecule has 0 saturated carbocycles. The summed E-state index contributed by atoms with van der Waals surface area (Å²) in [6.07, 6.45) is 0. The molecule has 1 aromatic carbocycles. The molecule has 0 saturated heterocycles. The monoisotopic (exact) mass is 292 g/mol. The largest absolute Gasteiger partial charge is 0.378 e. The molecule has 6 nitrogen and oxygen atoms in total. The standard InChI is InChI=1S/C13H13ClN4O2/c1-17(2)10-5-3-9(4-6-10)15-13-8-11(18(19)20)7-12(14)16-13/h3-8H,1-2H3,(H,15,16). The molecule has 7 heteroatoms. The van der Waals surface area contributed by atoms with Crippen molar-refractivity contribution in [1.82, 2.24) is 4.98 Å². The van der Waals surface area contributed by atoms with Gasteiger partial charge < -0.3 is 10.2 Å². The Morgan fingerprint density at radius 1 is 1.25 bits per heavy atom. The van der Waals surface area contributed by atoms with Gasteiger partial charge in [0.25, 0.3) is 5.69 Å². The summed E-state index contributed by atoms with van der Waals surface area (Å²) in [4.78, 5) is 16.2. The maximum atomic E-state index is 10.8. The summed E-state index contributed by atoms with van der Waals surface area (Å²) in [7, 11) is 3.90. The number of halogens is 1. The van der Waals surface area contributed by atoms with Crippen LogP contribution in [0.1, 0.15) is 0 Å². The lowest BCUT2D eigenvalue weighted by Crippen LogP contribution is -2.08. The SMILES string of the molecule is CN(C)c1ccc(Nc2cc([N+](=O)[O-])cc(Cl)n2)cc1. The van der Waals surface area contributed by atoms with Gasteiger partial charge in [-0.2, -0.15) is 0 Å². The second kappa shape index (κ2) is 5.75. The summed E-state index contributed by atoms with van der Waals surface area (Å²) in [5.74, 6) is 0.335. The molecule has 1 heterocycles. The molecule has 0 unspecified atom stereocenters. The number of aromatic nitrogens is 1. The maximum absolute atomic E-state index is 10.8. The Labute approximate surface area is 121 Å². The van der Waals surface area contributed by atoms with Gasteiger partial charge in [-0.25, -0.2) is 4.98 Å². The number of anilines is 3. The second-order valence-corrected chi connectivity index (χ2v) is 4.74. The highest BCUT2D eigenvalue weighted by Gasteiger charge is 2.10. The zero-order valence-corrected chi connectivity index (χ0v) is 11.8. The molecule has 0 amide bonds. The summed E-state index contributed by atoms with van der Waals surface area (Å²) in [6.45, 7) is 0.